The summed E-state index contributed by atoms with van der Waals surface area (Å²) in [4.78, 5) is 11.3. The lowest BCUT2D eigenvalue weighted by atomic mass is 9.95. The molecule has 0 bridgehead atoms. The van der Waals surface area contributed by atoms with E-state index in [1.165, 1.54) is 5.69 Å². The first kappa shape index (κ1) is 20.7. The smallest absolute Gasteiger partial charge is 0.147 e. The van der Waals surface area contributed by atoms with Crippen LogP contribution in [-0.4, -0.2) is 28.2 Å². The Morgan fingerprint density at radius 3 is 2.35 bits per heavy atom. The van der Waals surface area contributed by atoms with Crippen molar-refractivity contribution < 1.29 is 5.11 Å². The number of rotatable bonds is 7. The standard InChI is InChI=1S/C26H28N4O/c1-4-30(5-2)21-14-11-19(12-15-21)24(29-23-8-6-7-17-27-23)22-16-13-20-10-9-18(3)28-25(20)26(22)31/h6-17,24,31H,4-5H2,1-3H3,(H,27,29)/t24-/m0/s1. The van der Waals surface area contributed by atoms with Gasteiger partial charge >= 0.3 is 0 Å². The normalized spacial score (nSPS) is 12.0. The lowest BCUT2D eigenvalue weighted by molar-refractivity contribution is 0.471. The summed E-state index contributed by atoms with van der Waals surface area (Å²) in [5.41, 5.74) is 4.49. The highest BCUT2D eigenvalue weighted by Crippen LogP contribution is 2.36. The number of aromatic nitrogens is 2. The van der Waals surface area contributed by atoms with Gasteiger partial charge in [-0.15, -0.1) is 0 Å². The Kier molecular flexibility index (Phi) is 6.03. The topological polar surface area (TPSA) is 61.3 Å². The molecule has 0 saturated heterocycles. The van der Waals surface area contributed by atoms with Crippen LogP contribution in [0.5, 0.6) is 5.75 Å². The molecular formula is C26H28N4O. The molecule has 5 nitrogen and oxygen atoms in total. The van der Waals surface area contributed by atoms with Crippen LogP contribution in [0.15, 0.2) is 72.9 Å². The SMILES string of the molecule is CCN(CC)c1ccc([C@H](Nc2ccccn2)c2ccc3ccc(C)nc3c2O)cc1. The zero-order valence-electron chi connectivity index (χ0n) is 18.2. The molecule has 0 aliphatic carbocycles. The van der Waals surface area contributed by atoms with Gasteiger partial charge in [-0.25, -0.2) is 9.97 Å². The largest absolute Gasteiger partial charge is 0.505 e. The highest BCUT2D eigenvalue weighted by Gasteiger charge is 2.21. The van der Waals surface area contributed by atoms with Crippen LogP contribution in [0.1, 0.15) is 36.7 Å². The Bertz CT molecular complexity index is 1160. The maximum Gasteiger partial charge on any atom is 0.147 e. The number of aryl methyl sites for hydroxylation is 1. The average molecular weight is 413 g/mol. The molecule has 4 rings (SSSR count). The Balaban J connectivity index is 1.80. The number of pyridine rings is 2. The van der Waals surface area contributed by atoms with Gasteiger partial charge in [-0.1, -0.05) is 36.4 Å². The van der Waals surface area contributed by atoms with Crippen molar-refractivity contribution in [3.63, 3.8) is 0 Å². The van der Waals surface area contributed by atoms with Crippen molar-refractivity contribution in [2.75, 3.05) is 23.3 Å². The molecule has 31 heavy (non-hydrogen) atoms. The molecule has 5 heteroatoms. The van der Waals surface area contributed by atoms with E-state index in [1.807, 2.05) is 49.4 Å². The van der Waals surface area contributed by atoms with Crippen molar-refractivity contribution in [1.82, 2.24) is 9.97 Å². The maximum atomic E-state index is 11.2. The van der Waals surface area contributed by atoms with E-state index in [0.717, 1.165) is 41.1 Å². The fraction of sp³-hybridized carbons (Fsp3) is 0.231. The number of nitrogens with one attached hydrogen (secondary N) is 1. The van der Waals surface area contributed by atoms with Crippen LogP contribution in [0.3, 0.4) is 0 Å². The predicted molar refractivity (Wildman–Crippen MR) is 128 cm³/mol. The molecule has 0 unspecified atom stereocenters. The van der Waals surface area contributed by atoms with Crippen LogP contribution in [0.2, 0.25) is 0 Å². The number of fused-ring (bicyclic) bond motifs is 1. The quantitative estimate of drug-likeness (QED) is 0.408. The Hall–Kier alpha value is -3.60. The number of aromatic hydroxyl groups is 1. The number of nitrogens with zero attached hydrogens (tertiary/aromatic N) is 3. The first-order chi connectivity index (χ1) is 15.1. The van der Waals surface area contributed by atoms with Gasteiger partial charge in [0, 0.05) is 41.6 Å². The monoisotopic (exact) mass is 412 g/mol. The van der Waals surface area contributed by atoms with Gasteiger partial charge in [0.2, 0.25) is 0 Å². The number of phenolic OH excluding ortho intramolecular Hbond substituents is 1. The lowest BCUT2D eigenvalue weighted by Gasteiger charge is -2.24. The minimum atomic E-state index is -0.271. The van der Waals surface area contributed by atoms with E-state index in [1.54, 1.807) is 6.20 Å². The average Bonchev–Trinajstić information content (AvgIpc) is 2.80. The molecule has 0 spiro atoms. The van der Waals surface area contributed by atoms with Gasteiger partial charge in [-0.2, -0.15) is 0 Å². The van der Waals surface area contributed by atoms with Gasteiger partial charge in [-0.05, 0) is 56.7 Å². The fourth-order valence-electron chi connectivity index (χ4n) is 3.92. The van der Waals surface area contributed by atoms with Crippen molar-refractivity contribution in [3.05, 3.63) is 89.7 Å². The van der Waals surface area contributed by atoms with Crippen LogP contribution in [-0.2, 0) is 0 Å². The molecule has 158 valence electrons. The molecule has 2 aromatic heterocycles. The fourth-order valence-corrected chi connectivity index (χ4v) is 3.92. The second-order valence-electron chi connectivity index (χ2n) is 7.58. The van der Waals surface area contributed by atoms with Gasteiger partial charge in [0.1, 0.15) is 17.1 Å². The molecule has 1 atom stereocenters. The number of benzene rings is 2. The molecule has 2 aromatic carbocycles. The molecule has 4 aromatic rings. The van der Waals surface area contributed by atoms with Gasteiger partial charge in [0.25, 0.3) is 0 Å². The van der Waals surface area contributed by atoms with Crippen LogP contribution in [0.4, 0.5) is 11.5 Å². The molecule has 0 fully saturated rings. The summed E-state index contributed by atoms with van der Waals surface area (Å²) in [6.07, 6.45) is 1.76. The van der Waals surface area contributed by atoms with Crippen molar-refractivity contribution in [2.45, 2.75) is 26.8 Å². The van der Waals surface area contributed by atoms with E-state index in [2.05, 4.69) is 58.3 Å². The zero-order valence-corrected chi connectivity index (χ0v) is 18.2. The number of phenols is 1. The summed E-state index contributed by atoms with van der Waals surface area (Å²) in [6.45, 7) is 8.17. The van der Waals surface area contributed by atoms with Crippen LogP contribution in [0.25, 0.3) is 10.9 Å². The third-order valence-corrected chi connectivity index (χ3v) is 5.63. The first-order valence-corrected chi connectivity index (χ1v) is 10.7. The third kappa shape index (κ3) is 4.31. The molecule has 0 saturated carbocycles. The van der Waals surface area contributed by atoms with E-state index < -0.39 is 0 Å². The summed E-state index contributed by atoms with van der Waals surface area (Å²) < 4.78 is 0. The van der Waals surface area contributed by atoms with Gasteiger partial charge < -0.3 is 15.3 Å². The van der Waals surface area contributed by atoms with Gasteiger partial charge in [0.05, 0.1) is 6.04 Å². The Morgan fingerprint density at radius 1 is 0.935 bits per heavy atom. The maximum absolute atomic E-state index is 11.2. The second kappa shape index (κ2) is 9.04. The van der Waals surface area contributed by atoms with Crippen molar-refractivity contribution in [1.29, 1.82) is 0 Å². The summed E-state index contributed by atoms with van der Waals surface area (Å²) in [6, 6.07) is 21.9. The second-order valence-corrected chi connectivity index (χ2v) is 7.58. The first-order valence-electron chi connectivity index (χ1n) is 10.7. The van der Waals surface area contributed by atoms with E-state index in [4.69, 9.17) is 0 Å². The molecule has 0 aliphatic heterocycles. The Morgan fingerprint density at radius 2 is 1.68 bits per heavy atom. The number of hydrogen-bond donors (Lipinski definition) is 2. The van der Waals surface area contributed by atoms with Crippen molar-refractivity contribution in [3.8, 4) is 5.75 Å². The summed E-state index contributed by atoms with van der Waals surface area (Å²) in [5.74, 6) is 0.944. The minimum Gasteiger partial charge on any atom is -0.505 e. The Labute approximate surface area is 183 Å². The predicted octanol–water partition coefficient (Wildman–Crippen LogP) is 5.69. The van der Waals surface area contributed by atoms with Crippen LogP contribution in [0, 0.1) is 6.92 Å². The van der Waals surface area contributed by atoms with E-state index in [-0.39, 0.29) is 11.8 Å². The number of hydrogen-bond acceptors (Lipinski definition) is 5. The van der Waals surface area contributed by atoms with Gasteiger partial charge in [0.15, 0.2) is 0 Å². The van der Waals surface area contributed by atoms with E-state index in [0.29, 0.717) is 5.52 Å². The zero-order chi connectivity index (χ0) is 21.8. The minimum absolute atomic E-state index is 0.197. The van der Waals surface area contributed by atoms with E-state index in [9.17, 15) is 5.11 Å². The molecule has 0 amide bonds. The third-order valence-electron chi connectivity index (χ3n) is 5.63. The van der Waals surface area contributed by atoms with E-state index >= 15 is 0 Å². The van der Waals surface area contributed by atoms with Gasteiger partial charge in [-0.3, -0.25) is 0 Å². The molecule has 2 N–H and O–H groups in total. The van der Waals surface area contributed by atoms with Crippen LogP contribution < -0.4 is 10.2 Å². The van der Waals surface area contributed by atoms with Crippen LogP contribution >= 0.6 is 0 Å². The lowest BCUT2D eigenvalue weighted by Crippen LogP contribution is -2.21. The summed E-state index contributed by atoms with van der Waals surface area (Å²) in [5, 5.41) is 15.6. The molecule has 2 heterocycles. The highest BCUT2D eigenvalue weighted by atomic mass is 16.3. The number of anilines is 2. The van der Waals surface area contributed by atoms with Crippen molar-refractivity contribution >= 4 is 22.4 Å². The summed E-state index contributed by atoms with van der Waals surface area (Å²) in [7, 11) is 0. The molecule has 0 aliphatic rings. The summed E-state index contributed by atoms with van der Waals surface area (Å²) >= 11 is 0. The molecule has 0 radical (unpaired) electrons. The molecular weight excluding hydrogens is 384 g/mol. The van der Waals surface area contributed by atoms with Crippen molar-refractivity contribution in [2.24, 2.45) is 0 Å². The highest BCUT2D eigenvalue weighted by molar-refractivity contribution is 5.86.